The standard InChI is InChI=1S/C16H12FN3OS/c17-13-6-2-1-5-12(13)16(21)19-9-15-20-14(10-22-15)11-4-3-7-18-8-11/h1-8,10H,9H2,(H,19,21). The Bertz CT molecular complexity index is 789. The highest BCUT2D eigenvalue weighted by atomic mass is 32.1. The fourth-order valence-corrected chi connectivity index (χ4v) is 2.68. The summed E-state index contributed by atoms with van der Waals surface area (Å²) in [6, 6.07) is 9.65. The molecule has 2 heterocycles. The van der Waals surface area contributed by atoms with Gasteiger partial charge in [0.05, 0.1) is 17.8 Å². The van der Waals surface area contributed by atoms with Crippen LogP contribution in [0.2, 0.25) is 0 Å². The number of amides is 1. The summed E-state index contributed by atoms with van der Waals surface area (Å²) in [6.45, 7) is 0.262. The van der Waals surface area contributed by atoms with E-state index in [1.807, 2.05) is 17.5 Å². The average Bonchev–Trinajstić information content (AvgIpc) is 3.03. The number of carbonyl (C=O) groups is 1. The molecule has 0 aliphatic carbocycles. The molecule has 22 heavy (non-hydrogen) atoms. The zero-order chi connectivity index (χ0) is 15.4. The van der Waals surface area contributed by atoms with Crippen LogP contribution < -0.4 is 5.32 Å². The van der Waals surface area contributed by atoms with E-state index in [1.165, 1.54) is 23.5 Å². The first kappa shape index (κ1) is 14.3. The van der Waals surface area contributed by atoms with Gasteiger partial charge in [-0.2, -0.15) is 0 Å². The smallest absolute Gasteiger partial charge is 0.254 e. The van der Waals surface area contributed by atoms with Gasteiger partial charge in [-0.3, -0.25) is 9.78 Å². The lowest BCUT2D eigenvalue weighted by atomic mass is 10.2. The molecule has 3 rings (SSSR count). The lowest BCUT2D eigenvalue weighted by molar-refractivity contribution is 0.0947. The van der Waals surface area contributed by atoms with Crippen LogP contribution in [0.25, 0.3) is 11.3 Å². The van der Waals surface area contributed by atoms with Gasteiger partial charge in [-0.25, -0.2) is 9.37 Å². The van der Waals surface area contributed by atoms with Crippen LogP contribution in [0.4, 0.5) is 4.39 Å². The van der Waals surface area contributed by atoms with Gasteiger partial charge in [0, 0.05) is 23.3 Å². The Kier molecular flexibility index (Phi) is 4.20. The number of hydrogen-bond acceptors (Lipinski definition) is 4. The van der Waals surface area contributed by atoms with Gasteiger partial charge >= 0.3 is 0 Å². The Morgan fingerprint density at radius 2 is 2.09 bits per heavy atom. The molecule has 2 aromatic heterocycles. The molecular formula is C16H12FN3OS. The van der Waals surface area contributed by atoms with E-state index in [1.54, 1.807) is 24.5 Å². The van der Waals surface area contributed by atoms with Gasteiger partial charge in [-0.15, -0.1) is 11.3 Å². The van der Waals surface area contributed by atoms with Gasteiger partial charge in [-0.1, -0.05) is 12.1 Å². The molecule has 110 valence electrons. The Balaban J connectivity index is 1.67. The van der Waals surface area contributed by atoms with Crippen LogP contribution in [0.3, 0.4) is 0 Å². The van der Waals surface area contributed by atoms with Crippen molar-refractivity contribution in [3.8, 4) is 11.3 Å². The van der Waals surface area contributed by atoms with Crippen LogP contribution >= 0.6 is 11.3 Å². The minimum absolute atomic E-state index is 0.0338. The van der Waals surface area contributed by atoms with Crippen molar-refractivity contribution >= 4 is 17.2 Å². The molecule has 0 saturated heterocycles. The van der Waals surface area contributed by atoms with Crippen molar-refractivity contribution in [2.45, 2.75) is 6.54 Å². The van der Waals surface area contributed by atoms with Crippen LogP contribution in [-0.2, 0) is 6.54 Å². The monoisotopic (exact) mass is 313 g/mol. The predicted molar refractivity (Wildman–Crippen MR) is 82.9 cm³/mol. The quantitative estimate of drug-likeness (QED) is 0.804. The van der Waals surface area contributed by atoms with E-state index in [9.17, 15) is 9.18 Å². The lowest BCUT2D eigenvalue weighted by Crippen LogP contribution is -2.23. The number of nitrogens with zero attached hydrogens (tertiary/aromatic N) is 2. The number of halogens is 1. The zero-order valence-electron chi connectivity index (χ0n) is 11.5. The summed E-state index contributed by atoms with van der Waals surface area (Å²) < 4.78 is 13.5. The molecule has 0 bridgehead atoms. The SMILES string of the molecule is O=C(NCc1nc(-c2cccnc2)cs1)c1ccccc1F. The molecule has 1 amide bonds. The minimum Gasteiger partial charge on any atom is -0.345 e. The van der Waals surface area contributed by atoms with Crippen LogP contribution in [0.1, 0.15) is 15.4 Å². The van der Waals surface area contributed by atoms with Crippen molar-refractivity contribution in [3.63, 3.8) is 0 Å². The molecule has 1 aromatic carbocycles. The van der Waals surface area contributed by atoms with Gasteiger partial charge in [0.2, 0.25) is 0 Å². The second-order valence-electron chi connectivity index (χ2n) is 4.53. The summed E-state index contributed by atoms with van der Waals surface area (Å²) >= 11 is 1.44. The first-order valence-electron chi connectivity index (χ1n) is 6.61. The number of aromatic nitrogens is 2. The van der Waals surface area contributed by atoms with Crippen molar-refractivity contribution in [1.29, 1.82) is 0 Å². The van der Waals surface area contributed by atoms with Crippen LogP contribution in [0.15, 0.2) is 54.2 Å². The maximum Gasteiger partial charge on any atom is 0.254 e. The largest absolute Gasteiger partial charge is 0.345 e. The fraction of sp³-hybridized carbons (Fsp3) is 0.0625. The molecule has 0 radical (unpaired) electrons. The number of thiazole rings is 1. The maximum atomic E-state index is 13.5. The number of pyridine rings is 1. The van der Waals surface area contributed by atoms with E-state index >= 15 is 0 Å². The topological polar surface area (TPSA) is 54.9 Å². The normalized spacial score (nSPS) is 10.4. The Morgan fingerprint density at radius 3 is 2.86 bits per heavy atom. The Labute approximate surface area is 130 Å². The van der Waals surface area contributed by atoms with E-state index < -0.39 is 11.7 Å². The second-order valence-corrected chi connectivity index (χ2v) is 5.47. The molecule has 0 aliphatic rings. The first-order chi connectivity index (χ1) is 10.7. The number of carbonyl (C=O) groups excluding carboxylic acids is 1. The van der Waals surface area contributed by atoms with E-state index in [0.717, 1.165) is 16.3 Å². The highest BCUT2D eigenvalue weighted by Gasteiger charge is 2.11. The number of hydrogen-bond donors (Lipinski definition) is 1. The third-order valence-electron chi connectivity index (χ3n) is 3.03. The molecule has 3 aromatic rings. The van der Waals surface area contributed by atoms with Gasteiger partial charge in [-0.05, 0) is 24.3 Å². The van der Waals surface area contributed by atoms with E-state index in [-0.39, 0.29) is 12.1 Å². The maximum absolute atomic E-state index is 13.5. The second kappa shape index (κ2) is 6.44. The Hall–Kier alpha value is -2.60. The number of nitrogens with one attached hydrogen (secondary N) is 1. The van der Waals surface area contributed by atoms with Crippen LogP contribution in [-0.4, -0.2) is 15.9 Å². The molecule has 0 unspecified atom stereocenters. The third kappa shape index (κ3) is 3.17. The molecular weight excluding hydrogens is 301 g/mol. The summed E-state index contributed by atoms with van der Waals surface area (Å²) in [5.74, 6) is -0.980. The molecule has 0 aliphatic heterocycles. The highest BCUT2D eigenvalue weighted by Crippen LogP contribution is 2.20. The Morgan fingerprint density at radius 1 is 1.23 bits per heavy atom. The average molecular weight is 313 g/mol. The summed E-state index contributed by atoms with van der Waals surface area (Å²) in [5.41, 5.74) is 1.77. The fourth-order valence-electron chi connectivity index (χ4n) is 1.94. The number of rotatable bonds is 4. The van der Waals surface area contributed by atoms with E-state index in [2.05, 4.69) is 15.3 Å². The minimum atomic E-state index is -0.532. The van der Waals surface area contributed by atoms with Crippen molar-refractivity contribution in [2.24, 2.45) is 0 Å². The lowest BCUT2D eigenvalue weighted by Gasteiger charge is -2.03. The zero-order valence-corrected chi connectivity index (χ0v) is 12.3. The van der Waals surface area contributed by atoms with E-state index in [0.29, 0.717) is 0 Å². The van der Waals surface area contributed by atoms with Crippen molar-refractivity contribution < 1.29 is 9.18 Å². The first-order valence-corrected chi connectivity index (χ1v) is 7.49. The van der Waals surface area contributed by atoms with Crippen LogP contribution in [0.5, 0.6) is 0 Å². The predicted octanol–water partition coefficient (Wildman–Crippen LogP) is 3.27. The van der Waals surface area contributed by atoms with Crippen LogP contribution in [0, 0.1) is 5.82 Å². The third-order valence-corrected chi connectivity index (χ3v) is 3.88. The van der Waals surface area contributed by atoms with Gasteiger partial charge in [0.15, 0.2) is 0 Å². The van der Waals surface area contributed by atoms with Gasteiger partial charge in [0.1, 0.15) is 10.8 Å². The molecule has 0 fully saturated rings. The molecule has 1 N–H and O–H groups in total. The van der Waals surface area contributed by atoms with E-state index in [4.69, 9.17) is 0 Å². The van der Waals surface area contributed by atoms with Crippen molar-refractivity contribution in [1.82, 2.24) is 15.3 Å². The molecule has 4 nitrogen and oxygen atoms in total. The molecule has 0 spiro atoms. The summed E-state index contributed by atoms with van der Waals surface area (Å²) in [6.07, 6.45) is 3.43. The molecule has 0 saturated carbocycles. The van der Waals surface area contributed by atoms with Crippen molar-refractivity contribution in [2.75, 3.05) is 0 Å². The highest BCUT2D eigenvalue weighted by molar-refractivity contribution is 7.09. The summed E-state index contributed by atoms with van der Waals surface area (Å²) in [7, 11) is 0. The summed E-state index contributed by atoms with van der Waals surface area (Å²) in [4.78, 5) is 20.4. The van der Waals surface area contributed by atoms with Gasteiger partial charge in [0.25, 0.3) is 5.91 Å². The number of benzene rings is 1. The molecule has 0 atom stereocenters. The van der Waals surface area contributed by atoms with Gasteiger partial charge < -0.3 is 5.32 Å². The summed E-state index contributed by atoms with van der Waals surface area (Å²) in [5, 5.41) is 5.33. The molecule has 6 heteroatoms. The van der Waals surface area contributed by atoms with Crippen molar-refractivity contribution in [3.05, 3.63) is 70.6 Å².